The maximum absolute atomic E-state index is 5.81. The van der Waals surface area contributed by atoms with Gasteiger partial charge in [-0.05, 0) is 35.4 Å². The smallest absolute Gasteiger partial charge is 0.127 e. The quantitative estimate of drug-likeness (QED) is 0.598. The number of allylic oxidation sites excluding steroid dienone is 4. The van der Waals surface area contributed by atoms with Crippen LogP contribution < -0.4 is 4.74 Å². The molecule has 0 aliphatic carbocycles. The van der Waals surface area contributed by atoms with Crippen LogP contribution in [0.3, 0.4) is 0 Å². The van der Waals surface area contributed by atoms with Gasteiger partial charge < -0.3 is 4.74 Å². The molecule has 0 saturated carbocycles. The summed E-state index contributed by atoms with van der Waals surface area (Å²) in [6, 6.07) is 15.9. The summed E-state index contributed by atoms with van der Waals surface area (Å²) in [5, 5.41) is 0. The highest BCUT2D eigenvalue weighted by molar-refractivity contribution is 5.53. The Morgan fingerprint density at radius 3 is 1.33 bits per heavy atom. The number of ether oxygens (including phenoxy) is 1. The van der Waals surface area contributed by atoms with Gasteiger partial charge >= 0.3 is 0 Å². The predicted octanol–water partition coefficient (Wildman–Crippen LogP) is 5.88. The lowest BCUT2D eigenvalue weighted by Gasteiger charge is -2.06. The Hall–Kier alpha value is -2.80. The number of rotatable bonds is 6. The highest BCUT2D eigenvalue weighted by Crippen LogP contribution is 2.22. The van der Waals surface area contributed by atoms with E-state index in [-0.39, 0.29) is 0 Å². The van der Waals surface area contributed by atoms with Crippen LogP contribution in [0, 0.1) is 0 Å². The summed E-state index contributed by atoms with van der Waals surface area (Å²) in [6.45, 7) is 7.31. The number of hydrogen-bond donors (Lipinski definition) is 0. The molecule has 0 aliphatic heterocycles. The minimum atomic E-state index is 0.820. The molecule has 0 amide bonds. The second-order valence-electron chi connectivity index (χ2n) is 4.43. The molecule has 0 aromatic heterocycles. The van der Waals surface area contributed by atoms with Crippen LogP contribution in [-0.2, 0) is 0 Å². The van der Waals surface area contributed by atoms with Crippen molar-refractivity contribution >= 4 is 12.2 Å². The van der Waals surface area contributed by atoms with Crippen LogP contribution in [0.1, 0.15) is 11.1 Å². The molecule has 2 aromatic carbocycles. The van der Waals surface area contributed by atoms with Crippen LogP contribution in [0.5, 0.6) is 11.5 Å². The Bertz CT molecular complexity index is 584. The van der Waals surface area contributed by atoms with Crippen molar-refractivity contribution in [1.29, 1.82) is 0 Å². The van der Waals surface area contributed by atoms with Gasteiger partial charge in [-0.25, -0.2) is 0 Å². The largest absolute Gasteiger partial charge is 0.457 e. The maximum atomic E-state index is 5.81. The Labute approximate surface area is 126 Å². The minimum absolute atomic E-state index is 0.820. The molecule has 104 valence electrons. The zero-order chi connectivity index (χ0) is 14.9. The van der Waals surface area contributed by atoms with Gasteiger partial charge in [0.25, 0.3) is 0 Å². The summed E-state index contributed by atoms with van der Waals surface area (Å²) in [7, 11) is 0. The van der Waals surface area contributed by atoms with Gasteiger partial charge in [0, 0.05) is 0 Å². The van der Waals surface area contributed by atoms with Crippen molar-refractivity contribution in [3.8, 4) is 11.5 Å². The molecule has 2 aromatic rings. The van der Waals surface area contributed by atoms with E-state index in [9.17, 15) is 0 Å². The van der Waals surface area contributed by atoms with Crippen LogP contribution >= 0.6 is 0 Å². The zero-order valence-corrected chi connectivity index (χ0v) is 11.9. The number of benzene rings is 2. The van der Waals surface area contributed by atoms with E-state index in [1.54, 1.807) is 12.2 Å². The normalized spacial score (nSPS) is 10.9. The van der Waals surface area contributed by atoms with E-state index < -0.39 is 0 Å². The molecular weight excluding hydrogens is 256 g/mol. The lowest BCUT2D eigenvalue weighted by atomic mass is 10.2. The second-order valence-corrected chi connectivity index (χ2v) is 4.43. The lowest BCUT2D eigenvalue weighted by Crippen LogP contribution is -1.84. The van der Waals surface area contributed by atoms with Crippen molar-refractivity contribution in [2.24, 2.45) is 0 Å². The lowest BCUT2D eigenvalue weighted by molar-refractivity contribution is 0.482. The molecule has 0 heterocycles. The van der Waals surface area contributed by atoms with E-state index in [1.807, 2.05) is 72.8 Å². The Kier molecular flexibility index (Phi) is 5.36. The number of hydrogen-bond acceptors (Lipinski definition) is 1. The molecule has 0 atom stereocenters. The van der Waals surface area contributed by atoms with Gasteiger partial charge in [0.1, 0.15) is 11.5 Å². The van der Waals surface area contributed by atoms with Crippen molar-refractivity contribution in [3.63, 3.8) is 0 Å². The average Bonchev–Trinajstić information content (AvgIpc) is 2.53. The predicted molar refractivity (Wildman–Crippen MR) is 91.4 cm³/mol. The minimum Gasteiger partial charge on any atom is -0.457 e. The van der Waals surface area contributed by atoms with Gasteiger partial charge in [0.15, 0.2) is 0 Å². The monoisotopic (exact) mass is 274 g/mol. The van der Waals surface area contributed by atoms with E-state index in [4.69, 9.17) is 4.74 Å². The van der Waals surface area contributed by atoms with E-state index >= 15 is 0 Å². The van der Waals surface area contributed by atoms with Gasteiger partial charge in [-0.1, -0.05) is 73.9 Å². The summed E-state index contributed by atoms with van der Waals surface area (Å²) >= 11 is 0. The topological polar surface area (TPSA) is 9.23 Å². The van der Waals surface area contributed by atoms with Crippen molar-refractivity contribution < 1.29 is 4.74 Å². The first-order valence-corrected chi connectivity index (χ1v) is 6.78. The highest BCUT2D eigenvalue weighted by atomic mass is 16.5. The molecule has 2 rings (SSSR count). The van der Waals surface area contributed by atoms with Gasteiger partial charge in [-0.2, -0.15) is 0 Å². The molecule has 0 unspecified atom stereocenters. The third-order valence-corrected chi connectivity index (χ3v) is 2.85. The molecule has 0 bridgehead atoms. The molecule has 0 aliphatic rings. The molecule has 0 N–H and O–H groups in total. The van der Waals surface area contributed by atoms with Gasteiger partial charge in [-0.15, -0.1) is 0 Å². The van der Waals surface area contributed by atoms with Gasteiger partial charge in [-0.3, -0.25) is 0 Å². The van der Waals surface area contributed by atoms with Crippen molar-refractivity contribution in [2.75, 3.05) is 0 Å². The SMILES string of the molecule is C=CC=Cc1ccc(Oc2ccc(C=CC=C)cc2)cc1. The van der Waals surface area contributed by atoms with Gasteiger partial charge in [0.05, 0.1) is 0 Å². The Morgan fingerprint density at radius 2 is 1.00 bits per heavy atom. The fraction of sp³-hybridized carbons (Fsp3) is 0. The second kappa shape index (κ2) is 7.71. The van der Waals surface area contributed by atoms with Crippen LogP contribution in [0.15, 0.2) is 86.0 Å². The summed E-state index contributed by atoms with van der Waals surface area (Å²) in [5.74, 6) is 1.64. The molecular formula is C20H18O. The summed E-state index contributed by atoms with van der Waals surface area (Å²) in [4.78, 5) is 0. The van der Waals surface area contributed by atoms with E-state index in [1.165, 1.54) is 0 Å². The fourth-order valence-electron chi connectivity index (χ4n) is 1.79. The van der Waals surface area contributed by atoms with Crippen LogP contribution in [-0.4, -0.2) is 0 Å². The van der Waals surface area contributed by atoms with Gasteiger partial charge in [0.2, 0.25) is 0 Å². The first kappa shape index (κ1) is 14.6. The van der Waals surface area contributed by atoms with E-state index in [0.717, 1.165) is 22.6 Å². The van der Waals surface area contributed by atoms with Crippen molar-refractivity contribution in [1.82, 2.24) is 0 Å². The molecule has 0 fully saturated rings. The first-order valence-electron chi connectivity index (χ1n) is 6.78. The average molecular weight is 274 g/mol. The Morgan fingerprint density at radius 1 is 0.619 bits per heavy atom. The summed E-state index contributed by atoms with van der Waals surface area (Å²) in [6.07, 6.45) is 11.3. The summed E-state index contributed by atoms with van der Waals surface area (Å²) in [5.41, 5.74) is 2.24. The molecule has 1 nitrogen and oxygen atoms in total. The molecule has 1 heteroatoms. The first-order chi connectivity index (χ1) is 10.3. The van der Waals surface area contributed by atoms with E-state index in [2.05, 4.69) is 13.2 Å². The van der Waals surface area contributed by atoms with Crippen LogP contribution in [0.2, 0.25) is 0 Å². The molecule has 21 heavy (non-hydrogen) atoms. The third kappa shape index (κ3) is 4.66. The third-order valence-electron chi connectivity index (χ3n) is 2.85. The maximum Gasteiger partial charge on any atom is 0.127 e. The molecule has 0 saturated heterocycles. The van der Waals surface area contributed by atoms with Crippen LogP contribution in [0.25, 0.3) is 12.2 Å². The van der Waals surface area contributed by atoms with E-state index in [0.29, 0.717) is 0 Å². The van der Waals surface area contributed by atoms with Crippen molar-refractivity contribution in [2.45, 2.75) is 0 Å². The fourth-order valence-corrected chi connectivity index (χ4v) is 1.79. The van der Waals surface area contributed by atoms with Crippen LogP contribution in [0.4, 0.5) is 0 Å². The highest BCUT2D eigenvalue weighted by Gasteiger charge is 1.97. The standard InChI is InChI=1S/C20H18O/c1-3-5-7-17-9-13-19(14-10-17)21-20-15-11-18(12-16-20)8-6-4-2/h3-16H,1-2H2. The van der Waals surface area contributed by atoms with Crippen molar-refractivity contribution in [3.05, 3.63) is 97.1 Å². The zero-order valence-electron chi connectivity index (χ0n) is 11.9. The summed E-state index contributed by atoms with van der Waals surface area (Å²) < 4.78 is 5.81. The Balaban J connectivity index is 2.04. The molecule has 0 radical (unpaired) electrons. The molecule has 0 spiro atoms.